The molecule has 0 N–H and O–H groups in total. The maximum absolute atomic E-state index is 8.46. The van der Waals surface area contributed by atoms with Gasteiger partial charge in [-0.2, -0.15) is 0 Å². The van der Waals surface area contributed by atoms with E-state index in [2.05, 4.69) is 121 Å². The molecule has 0 heterocycles. The summed E-state index contributed by atoms with van der Waals surface area (Å²) in [5.41, 5.74) is 0. The van der Waals surface area contributed by atoms with E-state index in [9.17, 15) is 0 Å². The predicted octanol–water partition coefficient (Wildman–Crippen LogP) is 3.32. The summed E-state index contributed by atoms with van der Waals surface area (Å²) in [5, 5.41) is 5.55. The SMILES string of the molecule is O=[PH2][O-].c1ccc([P+](c2ccccc2)(c2ccccc2)c2ccccc2)cc1. The number of hydrogen-bond acceptors (Lipinski definition) is 2. The Kier molecular flexibility index (Phi) is 7.34. The van der Waals surface area contributed by atoms with Crippen LogP contribution >= 0.6 is 15.9 Å². The van der Waals surface area contributed by atoms with Crippen LogP contribution in [0.1, 0.15) is 0 Å². The second kappa shape index (κ2) is 10.2. The molecule has 0 aliphatic carbocycles. The zero-order valence-electron chi connectivity index (χ0n) is 15.4. The van der Waals surface area contributed by atoms with Gasteiger partial charge in [-0.3, -0.25) is 0 Å². The fourth-order valence-electron chi connectivity index (χ4n) is 3.50. The number of rotatable bonds is 4. The quantitative estimate of drug-likeness (QED) is 0.490. The van der Waals surface area contributed by atoms with Crippen molar-refractivity contribution in [1.29, 1.82) is 0 Å². The molecule has 0 aliphatic rings. The molecule has 0 fully saturated rings. The topological polar surface area (TPSA) is 40.1 Å². The third kappa shape index (κ3) is 4.16. The normalized spacial score (nSPS) is 11.0. The van der Waals surface area contributed by atoms with Gasteiger partial charge in [0.2, 0.25) is 0 Å². The lowest BCUT2D eigenvalue weighted by Crippen LogP contribution is -2.38. The maximum Gasteiger partial charge on any atom is 0.144 e. The molecule has 0 radical (unpaired) electrons. The molecule has 28 heavy (non-hydrogen) atoms. The summed E-state index contributed by atoms with van der Waals surface area (Å²) < 4.78 is 8.46. The molecule has 0 amide bonds. The Morgan fingerprint density at radius 3 is 0.821 bits per heavy atom. The van der Waals surface area contributed by atoms with Crippen molar-refractivity contribution in [3.63, 3.8) is 0 Å². The standard InChI is InChI=1S/C24H20P.H3O2P/c1-5-13-21(14-6-1)25(22-15-7-2-8-16-22,23-17-9-3-10-18-23)24-19-11-4-12-20-24;1-3-2/h1-20H;3H2,(H,1,2)/q+1;/p-1. The van der Waals surface area contributed by atoms with Gasteiger partial charge in [-0.15, -0.1) is 0 Å². The van der Waals surface area contributed by atoms with Crippen LogP contribution in [-0.2, 0) is 4.57 Å². The van der Waals surface area contributed by atoms with Crippen LogP contribution in [0.25, 0.3) is 0 Å². The molecule has 0 spiro atoms. The van der Waals surface area contributed by atoms with Gasteiger partial charge in [0.05, 0.1) is 0 Å². The van der Waals surface area contributed by atoms with Crippen molar-refractivity contribution in [3.8, 4) is 0 Å². The van der Waals surface area contributed by atoms with Gasteiger partial charge in [-0.05, 0) is 57.2 Å². The van der Waals surface area contributed by atoms with Crippen LogP contribution in [0.4, 0.5) is 0 Å². The summed E-state index contributed by atoms with van der Waals surface area (Å²) in [6.07, 6.45) is 0. The molecule has 4 rings (SSSR count). The summed E-state index contributed by atoms with van der Waals surface area (Å²) in [6.45, 7) is 0. The van der Waals surface area contributed by atoms with Gasteiger partial charge in [0, 0.05) is 0 Å². The summed E-state index contributed by atoms with van der Waals surface area (Å²) in [5.74, 6) is 0. The summed E-state index contributed by atoms with van der Waals surface area (Å²) in [6, 6.07) is 43.8. The lowest BCUT2D eigenvalue weighted by molar-refractivity contribution is -0.154. The van der Waals surface area contributed by atoms with Gasteiger partial charge in [-0.1, -0.05) is 72.8 Å². The first-order valence-electron chi connectivity index (χ1n) is 9.01. The minimum atomic E-state index is -1.91. The molecular weight excluding hydrogens is 382 g/mol. The second-order valence-electron chi connectivity index (χ2n) is 6.11. The molecular formula is C24H22O2P2. The lowest BCUT2D eigenvalue weighted by Gasteiger charge is -2.27. The molecule has 4 aromatic carbocycles. The van der Waals surface area contributed by atoms with E-state index in [0.29, 0.717) is 0 Å². The van der Waals surface area contributed by atoms with Crippen LogP contribution in [0.5, 0.6) is 0 Å². The van der Waals surface area contributed by atoms with Crippen molar-refractivity contribution < 1.29 is 9.46 Å². The van der Waals surface area contributed by atoms with Crippen molar-refractivity contribution in [1.82, 2.24) is 0 Å². The van der Waals surface area contributed by atoms with E-state index < -0.39 is 15.9 Å². The van der Waals surface area contributed by atoms with E-state index in [1.54, 1.807) is 0 Å². The van der Waals surface area contributed by atoms with E-state index in [1.165, 1.54) is 21.2 Å². The van der Waals surface area contributed by atoms with Gasteiger partial charge in [-0.25, -0.2) is 0 Å². The van der Waals surface area contributed by atoms with Crippen LogP contribution in [0.15, 0.2) is 121 Å². The Balaban J connectivity index is 0.000000706. The average Bonchev–Trinajstić information content (AvgIpc) is 2.78. The van der Waals surface area contributed by atoms with E-state index in [0.717, 1.165) is 0 Å². The Morgan fingerprint density at radius 1 is 0.464 bits per heavy atom. The number of hydrogen-bond donors (Lipinski definition) is 0. The van der Waals surface area contributed by atoms with Gasteiger partial charge in [0.15, 0.2) is 0 Å². The fraction of sp³-hybridized carbons (Fsp3) is 0. The predicted molar refractivity (Wildman–Crippen MR) is 122 cm³/mol. The molecule has 1 unspecified atom stereocenters. The van der Waals surface area contributed by atoms with Crippen LogP contribution in [0.2, 0.25) is 0 Å². The molecule has 0 aromatic heterocycles. The lowest BCUT2D eigenvalue weighted by atomic mass is 10.3. The third-order valence-electron chi connectivity index (χ3n) is 4.57. The molecule has 0 saturated heterocycles. The molecule has 2 nitrogen and oxygen atoms in total. The third-order valence-corrected chi connectivity index (χ3v) is 8.86. The molecule has 4 heteroatoms. The first kappa shape index (κ1) is 20.2. The Labute approximate surface area is 168 Å². The van der Waals surface area contributed by atoms with Gasteiger partial charge >= 0.3 is 0 Å². The van der Waals surface area contributed by atoms with E-state index in [4.69, 9.17) is 9.46 Å². The molecule has 140 valence electrons. The molecule has 4 aromatic rings. The molecule has 0 saturated carbocycles. The minimum absolute atomic E-state index is 1.39. The average molecular weight is 404 g/mol. The zero-order chi connectivity index (χ0) is 19.7. The van der Waals surface area contributed by atoms with Gasteiger partial charge in [0.25, 0.3) is 0 Å². The summed E-state index contributed by atoms with van der Waals surface area (Å²) in [7, 11) is -3.66. The largest absolute Gasteiger partial charge is 0.804 e. The highest BCUT2D eigenvalue weighted by Gasteiger charge is 2.47. The first-order valence-corrected chi connectivity index (χ1v) is 11.7. The smallest absolute Gasteiger partial charge is 0.144 e. The molecule has 1 atom stereocenters. The van der Waals surface area contributed by atoms with E-state index in [1.807, 2.05) is 0 Å². The minimum Gasteiger partial charge on any atom is -0.804 e. The monoisotopic (exact) mass is 404 g/mol. The van der Waals surface area contributed by atoms with Gasteiger partial charge < -0.3 is 9.46 Å². The molecule has 0 aliphatic heterocycles. The van der Waals surface area contributed by atoms with Crippen molar-refractivity contribution in [2.24, 2.45) is 0 Å². The number of benzene rings is 4. The van der Waals surface area contributed by atoms with Crippen molar-refractivity contribution in [2.75, 3.05) is 0 Å². The van der Waals surface area contributed by atoms with Crippen LogP contribution in [0, 0.1) is 0 Å². The van der Waals surface area contributed by atoms with E-state index >= 15 is 0 Å². The Hall–Kier alpha value is -2.50. The van der Waals surface area contributed by atoms with Crippen molar-refractivity contribution in [3.05, 3.63) is 121 Å². The fourth-order valence-corrected chi connectivity index (χ4v) is 7.77. The van der Waals surface area contributed by atoms with Crippen LogP contribution in [-0.4, -0.2) is 0 Å². The first-order chi connectivity index (χ1) is 13.8. The van der Waals surface area contributed by atoms with Crippen molar-refractivity contribution >= 4 is 37.2 Å². The maximum atomic E-state index is 8.46. The van der Waals surface area contributed by atoms with E-state index in [-0.39, 0.29) is 0 Å². The second-order valence-corrected chi connectivity index (χ2v) is 9.71. The summed E-state index contributed by atoms with van der Waals surface area (Å²) in [4.78, 5) is 8.46. The van der Waals surface area contributed by atoms with Crippen LogP contribution < -0.4 is 26.1 Å². The zero-order valence-corrected chi connectivity index (χ0v) is 17.4. The van der Waals surface area contributed by atoms with Gasteiger partial charge in [0.1, 0.15) is 28.5 Å². The summed E-state index contributed by atoms with van der Waals surface area (Å²) >= 11 is 0. The highest BCUT2D eigenvalue weighted by atomic mass is 31.2. The highest BCUT2D eigenvalue weighted by Crippen LogP contribution is 2.53. The Morgan fingerprint density at radius 2 is 0.643 bits per heavy atom. The van der Waals surface area contributed by atoms with Crippen LogP contribution in [0.3, 0.4) is 0 Å². The molecule has 0 bridgehead atoms. The van der Waals surface area contributed by atoms with Crippen molar-refractivity contribution in [2.45, 2.75) is 0 Å². The highest BCUT2D eigenvalue weighted by molar-refractivity contribution is 8.01. The Bertz CT molecular complexity index is 813.